The number of para-hydroxylation sites is 1. The quantitative estimate of drug-likeness (QED) is 0.724. The highest BCUT2D eigenvalue weighted by Gasteiger charge is 2.02. The predicted octanol–water partition coefficient (Wildman–Crippen LogP) is 3.92. The van der Waals surface area contributed by atoms with Gasteiger partial charge in [-0.2, -0.15) is 0 Å². The summed E-state index contributed by atoms with van der Waals surface area (Å²) in [6.07, 6.45) is 6.20. The smallest absolute Gasteiger partial charge is 0.322 e. The molecule has 3 rings (SSSR count). The Morgan fingerprint density at radius 1 is 0.917 bits per heavy atom. The molecule has 0 aliphatic rings. The predicted molar refractivity (Wildman–Crippen MR) is 92.7 cm³/mol. The Morgan fingerprint density at radius 3 is 2.21 bits per heavy atom. The first-order valence-corrected chi connectivity index (χ1v) is 7.39. The highest BCUT2D eigenvalue weighted by molar-refractivity contribution is 6.01. The van der Waals surface area contributed by atoms with Crippen molar-refractivity contribution in [1.82, 2.24) is 9.97 Å². The number of hydrogen-bond acceptors (Lipinski definition) is 4. The molecular weight excluding hydrogens is 302 g/mol. The average Bonchev–Trinajstić information content (AvgIpc) is 2.63. The fraction of sp³-hybridized carbons (Fsp3) is 0. The molecule has 0 aliphatic heterocycles. The maximum absolute atomic E-state index is 11.9. The third-order valence-corrected chi connectivity index (χ3v) is 3.07. The van der Waals surface area contributed by atoms with Crippen LogP contribution in [0.4, 0.5) is 5.69 Å². The number of ether oxygens (including phenoxy) is 1. The number of anilines is 1. The van der Waals surface area contributed by atoms with Gasteiger partial charge in [-0.05, 0) is 23.8 Å². The van der Waals surface area contributed by atoms with Crippen molar-refractivity contribution in [2.45, 2.75) is 0 Å². The highest BCUT2D eigenvalue weighted by atomic mass is 16.5. The van der Waals surface area contributed by atoms with E-state index < -0.39 is 0 Å². The molecule has 0 fully saturated rings. The van der Waals surface area contributed by atoms with Crippen molar-refractivity contribution in [1.29, 1.82) is 0 Å². The normalized spacial score (nSPS) is 10.5. The van der Waals surface area contributed by atoms with Crippen molar-refractivity contribution in [2.24, 2.45) is 0 Å². The standard InChI is InChI=1S/C19H15N3O2/c23-18(12-11-15-7-3-1-4-8-15)22-16-13-20-19(21-14-16)24-17-9-5-2-6-10-17/h1-14H,(H,22,23). The Hall–Kier alpha value is -3.47. The molecule has 2 aromatic carbocycles. The fourth-order valence-electron chi connectivity index (χ4n) is 1.95. The molecule has 1 heterocycles. The molecule has 118 valence electrons. The summed E-state index contributed by atoms with van der Waals surface area (Å²) in [7, 11) is 0. The van der Waals surface area contributed by atoms with Crippen LogP contribution in [0.2, 0.25) is 0 Å². The van der Waals surface area contributed by atoms with Gasteiger partial charge in [0.2, 0.25) is 5.91 Å². The Kier molecular flexibility index (Phi) is 4.94. The molecule has 0 saturated heterocycles. The third-order valence-electron chi connectivity index (χ3n) is 3.07. The average molecular weight is 317 g/mol. The van der Waals surface area contributed by atoms with Crippen LogP contribution in [0.25, 0.3) is 6.08 Å². The number of carbonyl (C=O) groups is 1. The summed E-state index contributed by atoms with van der Waals surface area (Å²) >= 11 is 0. The van der Waals surface area contributed by atoms with Crippen molar-refractivity contribution in [3.63, 3.8) is 0 Å². The lowest BCUT2D eigenvalue weighted by atomic mass is 10.2. The van der Waals surface area contributed by atoms with Gasteiger partial charge in [0.1, 0.15) is 5.75 Å². The molecule has 1 amide bonds. The van der Waals surface area contributed by atoms with Gasteiger partial charge in [0, 0.05) is 6.08 Å². The molecule has 0 spiro atoms. The van der Waals surface area contributed by atoms with Gasteiger partial charge in [-0.1, -0.05) is 48.5 Å². The van der Waals surface area contributed by atoms with Crippen LogP contribution in [0.5, 0.6) is 11.8 Å². The van der Waals surface area contributed by atoms with Gasteiger partial charge >= 0.3 is 6.01 Å². The molecule has 0 atom stereocenters. The minimum absolute atomic E-state index is 0.221. The number of carbonyl (C=O) groups excluding carboxylic acids is 1. The van der Waals surface area contributed by atoms with E-state index in [1.54, 1.807) is 6.08 Å². The third kappa shape index (κ3) is 4.51. The SMILES string of the molecule is O=C(C=Cc1ccccc1)Nc1cnc(Oc2ccccc2)nc1. The topological polar surface area (TPSA) is 64.1 Å². The maximum Gasteiger partial charge on any atom is 0.322 e. The summed E-state index contributed by atoms with van der Waals surface area (Å²) < 4.78 is 5.49. The lowest BCUT2D eigenvalue weighted by Crippen LogP contribution is -2.08. The maximum atomic E-state index is 11.9. The minimum atomic E-state index is -0.251. The summed E-state index contributed by atoms with van der Waals surface area (Å²) in [6, 6.07) is 19.1. The van der Waals surface area contributed by atoms with E-state index in [9.17, 15) is 4.79 Å². The number of benzene rings is 2. The second-order valence-electron chi connectivity index (χ2n) is 4.90. The second-order valence-corrected chi connectivity index (χ2v) is 4.90. The van der Waals surface area contributed by atoms with Crippen LogP contribution in [-0.2, 0) is 4.79 Å². The number of nitrogens with zero attached hydrogens (tertiary/aromatic N) is 2. The Bertz CT molecular complexity index is 816. The van der Waals surface area contributed by atoms with Crippen molar-refractivity contribution in [3.05, 3.63) is 84.7 Å². The van der Waals surface area contributed by atoms with E-state index in [2.05, 4.69) is 15.3 Å². The van der Waals surface area contributed by atoms with Gasteiger partial charge in [-0.25, -0.2) is 9.97 Å². The molecular formula is C19H15N3O2. The van der Waals surface area contributed by atoms with E-state index in [1.165, 1.54) is 18.5 Å². The molecule has 0 aliphatic carbocycles. The largest absolute Gasteiger partial charge is 0.424 e. The van der Waals surface area contributed by atoms with Crippen LogP contribution in [0.3, 0.4) is 0 Å². The number of rotatable bonds is 5. The van der Waals surface area contributed by atoms with Crippen molar-refractivity contribution in [2.75, 3.05) is 5.32 Å². The van der Waals surface area contributed by atoms with Crippen molar-refractivity contribution >= 4 is 17.7 Å². The van der Waals surface area contributed by atoms with Crippen LogP contribution < -0.4 is 10.1 Å². The summed E-state index contributed by atoms with van der Waals surface area (Å²) in [4.78, 5) is 20.0. The van der Waals surface area contributed by atoms with Crippen LogP contribution in [0.15, 0.2) is 79.1 Å². The van der Waals surface area contributed by atoms with Crippen LogP contribution >= 0.6 is 0 Å². The van der Waals surface area contributed by atoms with Crippen molar-refractivity contribution < 1.29 is 9.53 Å². The fourth-order valence-corrected chi connectivity index (χ4v) is 1.95. The second kappa shape index (κ2) is 7.69. The molecule has 0 bridgehead atoms. The summed E-state index contributed by atoms with van der Waals surface area (Å²) in [5.74, 6) is 0.402. The Balaban J connectivity index is 1.58. The van der Waals surface area contributed by atoms with Crippen LogP contribution in [0.1, 0.15) is 5.56 Å². The highest BCUT2D eigenvalue weighted by Crippen LogP contribution is 2.17. The molecule has 0 radical (unpaired) electrons. The van der Waals surface area contributed by atoms with Crippen LogP contribution in [0, 0.1) is 0 Å². The zero-order valence-corrected chi connectivity index (χ0v) is 12.8. The number of nitrogens with one attached hydrogen (secondary N) is 1. The Morgan fingerprint density at radius 2 is 1.54 bits per heavy atom. The molecule has 1 N–H and O–H groups in total. The van der Waals surface area contributed by atoms with Gasteiger partial charge < -0.3 is 10.1 Å². The first kappa shape index (κ1) is 15.4. The lowest BCUT2D eigenvalue weighted by Gasteiger charge is -2.04. The van der Waals surface area contributed by atoms with E-state index >= 15 is 0 Å². The first-order chi connectivity index (χ1) is 11.8. The molecule has 5 nitrogen and oxygen atoms in total. The number of hydrogen-bond donors (Lipinski definition) is 1. The van der Waals surface area contributed by atoms with Gasteiger partial charge in [0.05, 0.1) is 18.1 Å². The van der Waals surface area contributed by atoms with Gasteiger partial charge in [0.25, 0.3) is 0 Å². The minimum Gasteiger partial charge on any atom is -0.424 e. The number of aromatic nitrogens is 2. The number of amides is 1. The molecule has 0 unspecified atom stereocenters. The summed E-state index contributed by atoms with van der Waals surface area (Å²) in [6.45, 7) is 0. The van der Waals surface area contributed by atoms with E-state index in [1.807, 2.05) is 60.7 Å². The molecule has 5 heteroatoms. The van der Waals surface area contributed by atoms with Crippen LogP contribution in [-0.4, -0.2) is 15.9 Å². The first-order valence-electron chi connectivity index (χ1n) is 7.39. The summed E-state index contributed by atoms with van der Waals surface area (Å²) in [5, 5.41) is 2.70. The van der Waals surface area contributed by atoms with Gasteiger partial charge in [-0.3, -0.25) is 4.79 Å². The monoisotopic (exact) mass is 317 g/mol. The van der Waals surface area contributed by atoms with E-state index in [0.29, 0.717) is 11.4 Å². The van der Waals surface area contributed by atoms with E-state index in [-0.39, 0.29) is 11.9 Å². The Labute approximate surface area is 139 Å². The lowest BCUT2D eigenvalue weighted by molar-refractivity contribution is -0.111. The molecule has 3 aromatic rings. The zero-order valence-electron chi connectivity index (χ0n) is 12.8. The van der Waals surface area contributed by atoms with Gasteiger partial charge in [-0.15, -0.1) is 0 Å². The molecule has 1 aromatic heterocycles. The van der Waals surface area contributed by atoms with Crippen molar-refractivity contribution in [3.8, 4) is 11.8 Å². The summed E-state index contributed by atoms with van der Waals surface area (Å²) in [5.41, 5.74) is 1.45. The zero-order chi connectivity index (χ0) is 16.6. The molecule has 24 heavy (non-hydrogen) atoms. The molecule has 0 saturated carbocycles. The van der Waals surface area contributed by atoms with E-state index in [4.69, 9.17) is 4.74 Å². The van der Waals surface area contributed by atoms with E-state index in [0.717, 1.165) is 5.56 Å². The van der Waals surface area contributed by atoms with Gasteiger partial charge in [0.15, 0.2) is 0 Å².